The Bertz CT molecular complexity index is 1140. The third-order valence-electron chi connectivity index (χ3n) is 6.15. The van der Waals surface area contributed by atoms with Crippen LogP contribution in [0.3, 0.4) is 0 Å². The third-order valence-corrected chi connectivity index (χ3v) is 6.15. The van der Waals surface area contributed by atoms with Crippen molar-refractivity contribution in [2.24, 2.45) is 0 Å². The zero-order chi connectivity index (χ0) is 24.6. The van der Waals surface area contributed by atoms with Gasteiger partial charge in [0, 0.05) is 24.3 Å². The molecule has 182 valence electrons. The molecule has 2 amide bonds. The largest absolute Gasteiger partial charge is 0.495 e. The van der Waals surface area contributed by atoms with Gasteiger partial charge in [0.15, 0.2) is 0 Å². The molecule has 7 heteroatoms. The molecular weight excluding hydrogens is 442 g/mol. The van der Waals surface area contributed by atoms with E-state index in [1.165, 1.54) is 7.11 Å². The predicted molar refractivity (Wildman–Crippen MR) is 138 cm³/mol. The predicted octanol–water partition coefficient (Wildman–Crippen LogP) is 4.66. The van der Waals surface area contributed by atoms with Crippen LogP contribution in [0.15, 0.2) is 72.8 Å². The van der Waals surface area contributed by atoms with Crippen LogP contribution in [-0.4, -0.2) is 56.2 Å². The van der Waals surface area contributed by atoms with Crippen molar-refractivity contribution in [3.8, 4) is 16.9 Å². The van der Waals surface area contributed by atoms with Gasteiger partial charge in [0.2, 0.25) is 5.91 Å². The Morgan fingerprint density at radius 1 is 0.943 bits per heavy atom. The normalized spacial score (nSPS) is 14.7. The first-order valence-electron chi connectivity index (χ1n) is 11.9. The van der Waals surface area contributed by atoms with Crippen molar-refractivity contribution in [2.45, 2.75) is 19.4 Å². The average Bonchev–Trinajstić information content (AvgIpc) is 2.90. The van der Waals surface area contributed by atoms with Crippen LogP contribution < -0.4 is 15.4 Å². The number of methoxy groups -OCH3 is 1. The number of nitrogens with zero attached hydrogens (tertiary/aromatic N) is 1. The Balaban J connectivity index is 1.46. The van der Waals surface area contributed by atoms with E-state index in [1.807, 2.05) is 61.5 Å². The molecule has 2 N–H and O–H groups in total. The van der Waals surface area contributed by atoms with Crippen molar-refractivity contribution in [2.75, 3.05) is 44.0 Å². The number of amides is 2. The monoisotopic (exact) mass is 473 g/mol. The molecule has 0 saturated carbocycles. The first-order chi connectivity index (χ1) is 17.1. The zero-order valence-corrected chi connectivity index (χ0v) is 20.1. The molecule has 1 fully saturated rings. The SMILES string of the molecule is CCC(C(=O)Nc1cc(C(=O)Nc2ccc(-c3ccccc3)cc2)ccc1OC)N1CCOCC1. The number of rotatable bonds is 8. The van der Waals surface area contributed by atoms with Crippen LogP contribution in [0.4, 0.5) is 11.4 Å². The number of nitrogens with one attached hydrogen (secondary N) is 2. The summed E-state index contributed by atoms with van der Waals surface area (Å²) in [6.07, 6.45) is 0.674. The van der Waals surface area contributed by atoms with Crippen LogP contribution in [0, 0.1) is 0 Å². The number of hydrogen-bond donors (Lipinski definition) is 2. The van der Waals surface area contributed by atoms with E-state index in [9.17, 15) is 9.59 Å². The van der Waals surface area contributed by atoms with Crippen LogP contribution in [0.2, 0.25) is 0 Å². The molecule has 0 radical (unpaired) electrons. The van der Waals surface area contributed by atoms with E-state index in [0.717, 1.165) is 11.1 Å². The lowest BCUT2D eigenvalue weighted by atomic mass is 10.1. The maximum Gasteiger partial charge on any atom is 0.255 e. The highest BCUT2D eigenvalue weighted by atomic mass is 16.5. The van der Waals surface area contributed by atoms with E-state index in [4.69, 9.17) is 9.47 Å². The molecule has 1 heterocycles. The number of benzene rings is 3. The number of carbonyl (C=O) groups excluding carboxylic acids is 2. The molecule has 0 spiro atoms. The van der Waals surface area contributed by atoms with Gasteiger partial charge in [-0.3, -0.25) is 14.5 Å². The fourth-order valence-electron chi connectivity index (χ4n) is 4.24. The molecule has 1 saturated heterocycles. The van der Waals surface area contributed by atoms with Gasteiger partial charge in [-0.25, -0.2) is 0 Å². The third kappa shape index (κ3) is 6.07. The van der Waals surface area contributed by atoms with Gasteiger partial charge in [0.1, 0.15) is 5.75 Å². The van der Waals surface area contributed by atoms with Crippen molar-refractivity contribution in [1.29, 1.82) is 0 Å². The van der Waals surface area contributed by atoms with Gasteiger partial charge in [-0.15, -0.1) is 0 Å². The second-order valence-corrected chi connectivity index (χ2v) is 8.37. The number of ether oxygens (including phenoxy) is 2. The van der Waals surface area contributed by atoms with Crippen molar-refractivity contribution in [3.05, 3.63) is 78.4 Å². The summed E-state index contributed by atoms with van der Waals surface area (Å²) in [5.41, 5.74) is 3.77. The van der Waals surface area contributed by atoms with Crippen molar-refractivity contribution in [3.63, 3.8) is 0 Å². The molecule has 3 aromatic carbocycles. The molecule has 7 nitrogen and oxygen atoms in total. The van der Waals surface area contributed by atoms with E-state index >= 15 is 0 Å². The van der Waals surface area contributed by atoms with Gasteiger partial charge in [0.05, 0.1) is 32.1 Å². The molecule has 4 rings (SSSR count). The molecule has 3 aromatic rings. The van der Waals surface area contributed by atoms with E-state index < -0.39 is 0 Å². The molecule has 0 aliphatic carbocycles. The number of morpholine rings is 1. The summed E-state index contributed by atoms with van der Waals surface area (Å²) in [7, 11) is 1.54. The zero-order valence-electron chi connectivity index (χ0n) is 20.1. The molecule has 1 aliphatic heterocycles. The first kappa shape index (κ1) is 24.4. The molecule has 1 atom stereocenters. The van der Waals surface area contributed by atoms with E-state index in [2.05, 4.69) is 15.5 Å². The molecule has 0 bridgehead atoms. The summed E-state index contributed by atoms with van der Waals surface area (Å²) in [5, 5.41) is 5.89. The summed E-state index contributed by atoms with van der Waals surface area (Å²) < 4.78 is 10.8. The highest BCUT2D eigenvalue weighted by Gasteiger charge is 2.26. The average molecular weight is 474 g/mol. The van der Waals surface area contributed by atoms with Crippen LogP contribution in [-0.2, 0) is 9.53 Å². The number of hydrogen-bond acceptors (Lipinski definition) is 5. The van der Waals surface area contributed by atoms with E-state index in [0.29, 0.717) is 55.4 Å². The van der Waals surface area contributed by atoms with E-state index in [1.54, 1.807) is 18.2 Å². The Morgan fingerprint density at radius 2 is 1.63 bits per heavy atom. The molecule has 35 heavy (non-hydrogen) atoms. The van der Waals surface area contributed by atoms with Gasteiger partial charge < -0.3 is 20.1 Å². The van der Waals surface area contributed by atoms with Gasteiger partial charge in [-0.1, -0.05) is 49.4 Å². The molecule has 1 unspecified atom stereocenters. The first-order valence-corrected chi connectivity index (χ1v) is 11.9. The summed E-state index contributed by atoms with van der Waals surface area (Å²) >= 11 is 0. The fourth-order valence-corrected chi connectivity index (χ4v) is 4.24. The van der Waals surface area contributed by atoms with Crippen molar-refractivity contribution < 1.29 is 19.1 Å². The summed E-state index contributed by atoms with van der Waals surface area (Å²) in [5.74, 6) is 0.108. The maximum atomic E-state index is 13.1. The molecule has 1 aliphatic rings. The lowest BCUT2D eigenvalue weighted by Gasteiger charge is -2.33. The molecular formula is C28H31N3O4. The lowest BCUT2D eigenvalue weighted by molar-refractivity contribution is -0.123. The van der Waals surface area contributed by atoms with Crippen molar-refractivity contribution in [1.82, 2.24) is 4.90 Å². The smallest absolute Gasteiger partial charge is 0.255 e. The Kier molecular flexibility index (Phi) is 8.13. The quantitative estimate of drug-likeness (QED) is 0.497. The minimum absolute atomic E-state index is 0.123. The second kappa shape index (κ2) is 11.6. The topological polar surface area (TPSA) is 79.9 Å². The van der Waals surface area contributed by atoms with Gasteiger partial charge >= 0.3 is 0 Å². The Hall–Kier alpha value is -3.68. The van der Waals surface area contributed by atoms with Crippen LogP contribution in [0.5, 0.6) is 5.75 Å². The van der Waals surface area contributed by atoms with Crippen molar-refractivity contribution >= 4 is 23.2 Å². The highest BCUT2D eigenvalue weighted by molar-refractivity contribution is 6.06. The van der Waals surface area contributed by atoms with Crippen LogP contribution in [0.25, 0.3) is 11.1 Å². The minimum atomic E-state index is -0.274. The minimum Gasteiger partial charge on any atom is -0.495 e. The standard InChI is InChI=1S/C28H31N3O4/c1-3-25(31-15-17-35-18-16-31)28(33)30-24-19-22(11-14-26(24)34-2)27(32)29-23-12-9-21(10-13-23)20-7-5-4-6-8-20/h4-14,19,25H,3,15-18H2,1-2H3,(H,29,32)(H,30,33). The van der Waals surface area contributed by atoms with Crippen LogP contribution in [0.1, 0.15) is 23.7 Å². The highest BCUT2D eigenvalue weighted by Crippen LogP contribution is 2.27. The Morgan fingerprint density at radius 3 is 2.29 bits per heavy atom. The maximum absolute atomic E-state index is 13.1. The number of anilines is 2. The van der Waals surface area contributed by atoms with Gasteiger partial charge in [-0.2, -0.15) is 0 Å². The molecule has 0 aromatic heterocycles. The fraction of sp³-hybridized carbons (Fsp3) is 0.286. The summed E-state index contributed by atoms with van der Waals surface area (Å²) in [6, 6.07) is 22.5. The second-order valence-electron chi connectivity index (χ2n) is 8.37. The number of carbonyl (C=O) groups is 2. The summed E-state index contributed by atoms with van der Waals surface area (Å²) in [6.45, 7) is 4.66. The van der Waals surface area contributed by atoms with Crippen LogP contribution >= 0.6 is 0 Å². The van der Waals surface area contributed by atoms with Gasteiger partial charge in [-0.05, 0) is 47.9 Å². The van der Waals surface area contributed by atoms with Gasteiger partial charge in [0.25, 0.3) is 5.91 Å². The summed E-state index contributed by atoms with van der Waals surface area (Å²) in [4.78, 5) is 28.2. The lowest BCUT2D eigenvalue weighted by Crippen LogP contribution is -2.49. The van der Waals surface area contributed by atoms with E-state index in [-0.39, 0.29) is 17.9 Å². The Labute approximate surface area is 206 Å².